The van der Waals surface area contributed by atoms with Gasteiger partial charge in [-0.15, -0.1) is 0 Å². The van der Waals surface area contributed by atoms with E-state index in [9.17, 15) is 0 Å². The number of anilines is 1. The Labute approximate surface area is 128 Å². The first kappa shape index (κ1) is 16.3. The highest BCUT2D eigenvalue weighted by Gasteiger charge is 2.23. The van der Waals surface area contributed by atoms with Crippen LogP contribution in [0.5, 0.6) is 0 Å². The molecule has 4 heteroatoms. The highest BCUT2D eigenvalue weighted by atomic mass is 16.5. The van der Waals surface area contributed by atoms with Crippen LogP contribution in [0.2, 0.25) is 0 Å². The first-order chi connectivity index (χ1) is 10.3. The van der Waals surface area contributed by atoms with Gasteiger partial charge in [0, 0.05) is 18.8 Å². The molecule has 2 rings (SSSR count). The van der Waals surface area contributed by atoms with E-state index in [-0.39, 0.29) is 0 Å². The molecular weight excluding hydrogens is 264 g/mol. The third-order valence-corrected chi connectivity index (χ3v) is 4.19. The fourth-order valence-electron chi connectivity index (χ4n) is 2.98. The van der Waals surface area contributed by atoms with Crippen molar-refractivity contribution in [3.05, 3.63) is 29.8 Å². The second-order valence-corrected chi connectivity index (χ2v) is 5.78. The summed E-state index contributed by atoms with van der Waals surface area (Å²) in [7, 11) is 1.69. The average Bonchev–Trinajstić information content (AvgIpc) is 2.52. The lowest BCUT2D eigenvalue weighted by molar-refractivity contribution is 0.0617. The lowest BCUT2D eigenvalue weighted by Crippen LogP contribution is -2.36. The van der Waals surface area contributed by atoms with E-state index in [0.717, 1.165) is 6.54 Å². The van der Waals surface area contributed by atoms with Crippen molar-refractivity contribution in [3.8, 4) is 0 Å². The van der Waals surface area contributed by atoms with Gasteiger partial charge in [0.05, 0.1) is 19.8 Å². The average molecular weight is 292 g/mol. The van der Waals surface area contributed by atoms with Crippen LogP contribution in [0.1, 0.15) is 31.2 Å². The Morgan fingerprint density at radius 1 is 1.24 bits per heavy atom. The number of nitrogens with two attached hydrogens (primary N) is 1. The smallest absolute Gasteiger partial charge is 0.0718 e. The normalized spacial score (nSPS) is 22.2. The van der Waals surface area contributed by atoms with E-state index < -0.39 is 0 Å². The fourth-order valence-corrected chi connectivity index (χ4v) is 2.98. The molecular formula is C17H28N2O2. The predicted molar refractivity (Wildman–Crippen MR) is 86.4 cm³/mol. The summed E-state index contributed by atoms with van der Waals surface area (Å²) in [6.07, 6.45) is 5.08. The van der Waals surface area contributed by atoms with Crippen molar-refractivity contribution in [1.29, 1.82) is 0 Å². The lowest BCUT2D eigenvalue weighted by atomic mass is 9.84. The minimum absolute atomic E-state index is 0.508. The van der Waals surface area contributed by atoms with E-state index in [1.165, 1.54) is 36.9 Å². The van der Waals surface area contributed by atoms with Crippen LogP contribution in [0.25, 0.3) is 0 Å². The molecule has 1 aromatic carbocycles. The minimum atomic E-state index is 0.508. The van der Waals surface area contributed by atoms with Gasteiger partial charge in [-0.25, -0.2) is 0 Å². The zero-order chi connectivity index (χ0) is 14.9. The van der Waals surface area contributed by atoms with Crippen LogP contribution < -0.4 is 11.1 Å². The predicted octanol–water partition coefficient (Wildman–Crippen LogP) is 2.78. The Morgan fingerprint density at radius 2 is 2.10 bits per heavy atom. The van der Waals surface area contributed by atoms with Gasteiger partial charge in [-0.2, -0.15) is 0 Å². The molecule has 2 unspecified atom stereocenters. The van der Waals surface area contributed by atoms with Crippen LogP contribution in [-0.4, -0.2) is 32.9 Å². The van der Waals surface area contributed by atoms with Crippen LogP contribution in [0.15, 0.2) is 24.3 Å². The summed E-state index contributed by atoms with van der Waals surface area (Å²) in [5.74, 6) is 0.598. The van der Waals surface area contributed by atoms with Crippen LogP contribution in [0.4, 0.5) is 5.69 Å². The van der Waals surface area contributed by atoms with Crippen molar-refractivity contribution in [2.45, 2.75) is 38.3 Å². The van der Waals surface area contributed by atoms with E-state index in [0.29, 0.717) is 31.8 Å². The van der Waals surface area contributed by atoms with Gasteiger partial charge in [-0.1, -0.05) is 25.0 Å². The summed E-state index contributed by atoms with van der Waals surface area (Å²) < 4.78 is 10.6. The monoisotopic (exact) mass is 292 g/mol. The maximum atomic E-state index is 5.90. The summed E-state index contributed by atoms with van der Waals surface area (Å²) in [6, 6.07) is 8.99. The number of benzene rings is 1. The van der Waals surface area contributed by atoms with Gasteiger partial charge in [-0.3, -0.25) is 0 Å². The molecule has 0 radical (unpaired) electrons. The second-order valence-electron chi connectivity index (χ2n) is 5.78. The Kier molecular flexibility index (Phi) is 7.00. The Balaban J connectivity index is 1.87. The molecule has 1 aromatic rings. The maximum absolute atomic E-state index is 5.90. The lowest BCUT2D eigenvalue weighted by Gasteiger charge is -2.32. The molecule has 0 heterocycles. The molecule has 0 amide bonds. The van der Waals surface area contributed by atoms with Gasteiger partial charge in [0.25, 0.3) is 0 Å². The first-order valence-corrected chi connectivity index (χ1v) is 7.95. The zero-order valence-electron chi connectivity index (χ0n) is 13.0. The van der Waals surface area contributed by atoms with Crippen molar-refractivity contribution in [1.82, 2.24) is 0 Å². The quantitative estimate of drug-likeness (QED) is 0.723. The number of hydrogen-bond acceptors (Lipinski definition) is 4. The van der Waals surface area contributed by atoms with E-state index in [1.807, 2.05) is 0 Å². The standard InChI is InChI=1S/C17H28N2O2/c1-20-9-10-21-13-14-5-4-7-16(11-14)19-17-8-3-2-6-15(17)12-18/h4-5,7,11,15,17,19H,2-3,6,8-10,12-13,18H2,1H3. The van der Waals surface area contributed by atoms with Crippen molar-refractivity contribution in [2.75, 3.05) is 32.2 Å². The molecule has 2 atom stereocenters. The zero-order valence-corrected chi connectivity index (χ0v) is 13.0. The maximum Gasteiger partial charge on any atom is 0.0718 e. The number of hydrogen-bond donors (Lipinski definition) is 2. The van der Waals surface area contributed by atoms with Crippen LogP contribution >= 0.6 is 0 Å². The topological polar surface area (TPSA) is 56.5 Å². The molecule has 1 aliphatic rings. The SMILES string of the molecule is COCCOCc1cccc(NC2CCCCC2CN)c1. The van der Waals surface area contributed by atoms with Crippen molar-refractivity contribution >= 4 is 5.69 Å². The molecule has 21 heavy (non-hydrogen) atoms. The molecule has 118 valence electrons. The van der Waals surface area contributed by atoms with Gasteiger partial charge >= 0.3 is 0 Å². The molecule has 0 spiro atoms. The van der Waals surface area contributed by atoms with Gasteiger partial charge in [0.15, 0.2) is 0 Å². The number of nitrogens with one attached hydrogen (secondary N) is 1. The first-order valence-electron chi connectivity index (χ1n) is 7.95. The Hall–Kier alpha value is -1.10. The number of ether oxygens (including phenoxy) is 2. The molecule has 0 aliphatic heterocycles. The van der Waals surface area contributed by atoms with Gasteiger partial charge in [0.1, 0.15) is 0 Å². The number of rotatable bonds is 8. The third-order valence-electron chi connectivity index (χ3n) is 4.19. The van der Waals surface area contributed by atoms with E-state index in [4.69, 9.17) is 15.2 Å². The summed E-state index contributed by atoms with van der Waals surface area (Å²) in [5.41, 5.74) is 8.26. The molecule has 0 bridgehead atoms. The number of methoxy groups -OCH3 is 1. The van der Waals surface area contributed by atoms with Crippen molar-refractivity contribution < 1.29 is 9.47 Å². The highest BCUT2D eigenvalue weighted by Crippen LogP contribution is 2.26. The Morgan fingerprint density at radius 3 is 2.90 bits per heavy atom. The summed E-state index contributed by atoms with van der Waals surface area (Å²) in [5, 5.41) is 3.66. The van der Waals surface area contributed by atoms with E-state index >= 15 is 0 Å². The van der Waals surface area contributed by atoms with Crippen LogP contribution in [0, 0.1) is 5.92 Å². The van der Waals surface area contributed by atoms with Gasteiger partial charge in [-0.05, 0) is 43.0 Å². The molecule has 3 N–H and O–H groups in total. The molecule has 1 fully saturated rings. The highest BCUT2D eigenvalue weighted by molar-refractivity contribution is 5.46. The van der Waals surface area contributed by atoms with Crippen molar-refractivity contribution in [2.24, 2.45) is 11.7 Å². The summed E-state index contributed by atoms with van der Waals surface area (Å²) >= 11 is 0. The minimum Gasteiger partial charge on any atom is -0.382 e. The van der Waals surface area contributed by atoms with Gasteiger partial charge in [0.2, 0.25) is 0 Å². The second kappa shape index (κ2) is 9.03. The Bertz CT molecular complexity index is 412. The molecule has 0 saturated heterocycles. The largest absolute Gasteiger partial charge is 0.382 e. The van der Waals surface area contributed by atoms with Crippen LogP contribution in [-0.2, 0) is 16.1 Å². The molecule has 0 aromatic heterocycles. The van der Waals surface area contributed by atoms with E-state index in [2.05, 4.69) is 29.6 Å². The third kappa shape index (κ3) is 5.30. The van der Waals surface area contributed by atoms with Crippen LogP contribution in [0.3, 0.4) is 0 Å². The molecule has 1 saturated carbocycles. The van der Waals surface area contributed by atoms with E-state index in [1.54, 1.807) is 7.11 Å². The summed E-state index contributed by atoms with van der Waals surface area (Å²) in [4.78, 5) is 0. The fraction of sp³-hybridized carbons (Fsp3) is 0.647. The van der Waals surface area contributed by atoms with Crippen molar-refractivity contribution in [3.63, 3.8) is 0 Å². The molecule has 1 aliphatic carbocycles. The van der Waals surface area contributed by atoms with Gasteiger partial charge < -0.3 is 20.5 Å². The molecule has 4 nitrogen and oxygen atoms in total. The summed E-state index contributed by atoms with van der Waals surface area (Å²) in [6.45, 7) is 2.67.